The van der Waals surface area contributed by atoms with Gasteiger partial charge in [0.2, 0.25) is 0 Å². The van der Waals surface area contributed by atoms with Crippen LogP contribution in [-0.2, 0) is 9.53 Å². The van der Waals surface area contributed by atoms with Crippen LogP contribution in [0.4, 0.5) is 0 Å². The molecule has 1 atom stereocenters. The highest BCUT2D eigenvalue weighted by Gasteiger charge is 2.24. The van der Waals surface area contributed by atoms with Gasteiger partial charge in [-0.15, -0.1) is 0 Å². The first-order valence-corrected chi connectivity index (χ1v) is 9.66. The van der Waals surface area contributed by atoms with Gasteiger partial charge in [-0.1, -0.05) is 17.3 Å². The Kier molecular flexibility index (Phi) is 6.34. The van der Waals surface area contributed by atoms with Crippen LogP contribution in [0.15, 0.2) is 34.9 Å². The number of rotatable bonds is 7. The van der Waals surface area contributed by atoms with Gasteiger partial charge >= 0.3 is 5.97 Å². The second kappa shape index (κ2) is 8.94. The van der Waals surface area contributed by atoms with Gasteiger partial charge in [0.1, 0.15) is 5.75 Å². The van der Waals surface area contributed by atoms with E-state index in [0.29, 0.717) is 33.8 Å². The molecule has 8 nitrogen and oxygen atoms in total. The molecule has 2 aromatic heterocycles. The molecule has 3 rings (SSSR count). The number of aryl methyl sites for hydroxylation is 2. The molecule has 0 fully saturated rings. The number of hydrogen-bond donors (Lipinski definition) is 1. The quantitative estimate of drug-likeness (QED) is 0.592. The standard InChI is InChI=1S/C22H25N3O5/c1-12(2)29-19(26)11-18(15-6-8-16(28-5)9-7-15)24-21(27)17-10-13(3)23-22-20(17)14(4)25-30-22/h6-10,12,18H,11H2,1-5H3,(H,24,27). The number of pyridine rings is 1. The minimum atomic E-state index is -0.585. The van der Waals surface area contributed by atoms with Crippen LogP contribution in [0.5, 0.6) is 5.75 Å². The van der Waals surface area contributed by atoms with E-state index >= 15 is 0 Å². The van der Waals surface area contributed by atoms with Crippen molar-refractivity contribution < 1.29 is 23.6 Å². The van der Waals surface area contributed by atoms with E-state index in [0.717, 1.165) is 5.56 Å². The maximum atomic E-state index is 13.2. The Labute approximate surface area is 174 Å². The topological polar surface area (TPSA) is 104 Å². The summed E-state index contributed by atoms with van der Waals surface area (Å²) in [6.45, 7) is 7.09. The third kappa shape index (κ3) is 4.76. The zero-order valence-corrected chi connectivity index (χ0v) is 17.7. The zero-order valence-electron chi connectivity index (χ0n) is 17.7. The summed E-state index contributed by atoms with van der Waals surface area (Å²) in [6.07, 6.45) is -0.252. The molecule has 158 valence electrons. The first kappa shape index (κ1) is 21.3. The highest BCUT2D eigenvalue weighted by atomic mass is 16.5. The lowest BCUT2D eigenvalue weighted by Crippen LogP contribution is -2.31. The third-order valence-electron chi connectivity index (χ3n) is 4.55. The maximum absolute atomic E-state index is 13.2. The predicted octanol–water partition coefficient (Wildman–Crippen LogP) is 3.66. The van der Waals surface area contributed by atoms with Crippen LogP contribution >= 0.6 is 0 Å². The van der Waals surface area contributed by atoms with Crippen LogP contribution < -0.4 is 10.1 Å². The number of ether oxygens (including phenoxy) is 2. The van der Waals surface area contributed by atoms with Crippen molar-refractivity contribution in [3.63, 3.8) is 0 Å². The number of nitrogens with zero attached hydrogens (tertiary/aromatic N) is 2. The lowest BCUT2D eigenvalue weighted by molar-refractivity contribution is -0.147. The Bertz CT molecular complexity index is 1060. The van der Waals surface area contributed by atoms with Gasteiger partial charge in [0.05, 0.1) is 42.3 Å². The molecular weight excluding hydrogens is 386 g/mol. The highest BCUT2D eigenvalue weighted by Crippen LogP contribution is 2.25. The molecule has 0 saturated heterocycles. The van der Waals surface area contributed by atoms with E-state index < -0.39 is 12.0 Å². The smallest absolute Gasteiger partial charge is 0.308 e. The number of nitrogens with one attached hydrogen (secondary N) is 1. The molecule has 1 aromatic carbocycles. The Morgan fingerprint density at radius 3 is 2.50 bits per heavy atom. The van der Waals surface area contributed by atoms with E-state index in [4.69, 9.17) is 14.0 Å². The molecule has 30 heavy (non-hydrogen) atoms. The molecule has 0 saturated carbocycles. The molecule has 0 aliphatic rings. The molecule has 0 radical (unpaired) electrons. The van der Waals surface area contributed by atoms with Crippen LogP contribution in [0.2, 0.25) is 0 Å². The van der Waals surface area contributed by atoms with Crippen molar-refractivity contribution in [2.45, 2.75) is 46.3 Å². The summed E-state index contributed by atoms with van der Waals surface area (Å²) in [5.74, 6) is -0.0709. The number of benzene rings is 1. The molecule has 2 heterocycles. The van der Waals surface area contributed by atoms with Gasteiger partial charge in [0.25, 0.3) is 11.6 Å². The fourth-order valence-corrected chi connectivity index (χ4v) is 3.20. The van der Waals surface area contributed by atoms with Gasteiger partial charge in [-0.2, -0.15) is 0 Å². The lowest BCUT2D eigenvalue weighted by Gasteiger charge is -2.20. The zero-order chi connectivity index (χ0) is 21.8. The molecule has 0 bridgehead atoms. The first-order chi connectivity index (χ1) is 14.3. The van der Waals surface area contributed by atoms with Crippen molar-refractivity contribution in [2.75, 3.05) is 7.11 Å². The average Bonchev–Trinajstić information content (AvgIpc) is 3.06. The van der Waals surface area contributed by atoms with Crippen molar-refractivity contribution in [1.29, 1.82) is 0 Å². The molecule has 1 unspecified atom stereocenters. The molecule has 1 N–H and O–H groups in total. The largest absolute Gasteiger partial charge is 0.497 e. The second-order valence-corrected chi connectivity index (χ2v) is 7.30. The summed E-state index contributed by atoms with van der Waals surface area (Å²) in [4.78, 5) is 29.8. The van der Waals surface area contributed by atoms with Crippen LogP contribution in [0, 0.1) is 13.8 Å². The predicted molar refractivity (Wildman–Crippen MR) is 110 cm³/mol. The second-order valence-electron chi connectivity index (χ2n) is 7.30. The van der Waals surface area contributed by atoms with E-state index in [1.807, 2.05) is 12.1 Å². The monoisotopic (exact) mass is 411 g/mol. The molecule has 1 amide bonds. The minimum Gasteiger partial charge on any atom is -0.497 e. The fraction of sp³-hybridized carbons (Fsp3) is 0.364. The van der Waals surface area contributed by atoms with Crippen molar-refractivity contribution >= 4 is 23.0 Å². The normalized spacial score (nSPS) is 12.1. The minimum absolute atomic E-state index is 0.00786. The maximum Gasteiger partial charge on any atom is 0.308 e. The van der Waals surface area contributed by atoms with Crippen molar-refractivity contribution in [2.24, 2.45) is 0 Å². The van der Waals surface area contributed by atoms with Gasteiger partial charge in [0.15, 0.2) is 0 Å². The molecule has 3 aromatic rings. The van der Waals surface area contributed by atoms with Crippen LogP contribution in [-0.4, -0.2) is 35.2 Å². The number of carbonyl (C=O) groups excluding carboxylic acids is 2. The number of hydrogen-bond acceptors (Lipinski definition) is 7. The number of esters is 1. The number of carbonyl (C=O) groups is 2. The number of methoxy groups -OCH3 is 1. The lowest BCUT2D eigenvalue weighted by atomic mass is 10.0. The summed E-state index contributed by atoms with van der Waals surface area (Å²) in [7, 11) is 1.58. The van der Waals surface area contributed by atoms with E-state index in [1.54, 1.807) is 53.0 Å². The fourth-order valence-electron chi connectivity index (χ4n) is 3.20. The number of aromatic nitrogens is 2. The Hall–Kier alpha value is -3.42. The summed E-state index contributed by atoms with van der Waals surface area (Å²) in [5.41, 5.74) is 2.66. The van der Waals surface area contributed by atoms with Gasteiger partial charge in [-0.25, -0.2) is 4.98 Å². The molecule has 0 aliphatic heterocycles. The van der Waals surface area contributed by atoms with Crippen molar-refractivity contribution in [3.05, 3.63) is 52.8 Å². The molecular formula is C22H25N3O5. The van der Waals surface area contributed by atoms with Gasteiger partial charge in [-0.3, -0.25) is 9.59 Å². The van der Waals surface area contributed by atoms with Crippen LogP contribution in [0.1, 0.15) is 53.6 Å². The Balaban J connectivity index is 1.93. The average molecular weight is 411 g/mol. The van der Waals surface area contributed by atoms with Crippen molar-refractivity contribution in [1.82, 2.24) is 15.5 Å². The van der Waals surface area contributed by atoms with E-state index in [1.165, 1.54) is 0 Å². The van der Waals surface area contributed by atoms with Gasteiger partial charge in [0, 0.05) is 5.69 Å². The van der Waals surface area contributed by atoms with Gasteiger partial charge in [-0.05, 0) is 51.5 Å². The van der Waals surface area contributed by atoms with E-state index in [-0.39, 0.29) is 18.4 Å². The Morgan fingerprint density at radius 1 is 1.17 bits per heavy atom. The summed E-state index contributed by atoms with van der Waals surface area (Å²) in [6, 6.07) is 8.27. The summed E-state index contributed by atoms with van der Waals surface area (Å²) in [5, 5.41) is 7.41. The molecule has 8 heteroatoms. The number of fused-ring (bicyclic) bond motifs is 1. The summed E-state index contributed by atoms with van der Waals surface area (Å²) >= 11 is 0. The first-order valence-electron chi connectivity index (χ1n) is 9.66. The van der Waals surface area contributed by atoms with Gasteiger partial charge < -0.3 is 19.3 Å². The SMILES string of the molecule is COc1ccc(C(CC(=O)OC(C)C)NC(=O)c2cc(C)nc3onc(C)c23)cc1. The van der Waals surface area contributed by atoms with Crippen LogP contribution in [0.3, 0.4) is 0 Å². The highest BCUT2D eigenvalue weighted by molar-refractivity contribution is 6.06. The van der Waals surface area contributed by atoms with Crippen molar-refractivity contribution in [3.8, 4) is 5.75 Å². The third-order valence-corrected chi connectivity index (χ3v) is 4.55. The summed E-state index contributed by atoms with van der Waals surface area (Å²) < 4.78 is 15.7. The van der Waals surface area contributed by atoms with E-state index in [2.05, 4.69) is 15.5 Å². The Morgan fingerprint density at radius 2 is 1.87 bits per heavy atom. The van der Waals surface area contributed by atoms with Crippen LogP contribution in [0.25, 0.3) is 11.1 Å². The van der Waals surface area contributed by atoms with E-state index in [9.17, 15) is 9.59 Å². The molecule has 0 spiro atoms. The number of amides is 1. The molecule has 0 aliphatic carbocycles.